The van der Waals surface area contributed by atoms with Crippen LogP contribution in [0.25, 0.3) is 4.85 Å². The highest BCUT2D eigenvalue weighted by molar-refractivity contribution is 5.94. The lowest BCUT2D eigenvalue weighted by Crippen LogP contribution is -2.26. The van der Waals surface area contributed by atoms with Crippen molar-refractivity contribution >= 4 is 11.6 Å². The molecule has 0 saturated carbocycles. The topological polar surface area (TPSA) is 51.3 Å². The predicted molar refractivity (Wildman–Crippen MR) is 74.4 cm³/mol. The first-order valence-electron chi connectivity index (χ1n) is 6.47. The van der Waals surface area contributed by atoms with Crippen molar-refractivity contribution in [2.75, 3.05) is 0 Å². The average molecular weight is 266 g/mol. The summed E-state index contributed by atoms with van der Waals surface area (Å²) in [6, 6.07) is 5.69. The zero-order valence-electron chi connectivity index (χ0n) is 11.1. The number of hydrogen-bond donors (Lipinski definition) is 1. The minimum Gasteiger partial charge on any atom is -0.345 e. The Morgan fingerprint density at radius 2 is 2.40 bits per heavy atom. The van der Waals surface area contributed by atoms with Gasteiger partial charge in [0.05, 0.1) is 24.4 Å². The summed E-state index contributed by atoms with van der Waals surface area (Å²) in [5.74, 6) is -0.106. The maximum atomic E-state index is 12.1. The summed E-state index contributed by atoms with van der Waals surface area (Å²) in [5, 5.41) is 7.03. The van der Waals surface area contributed by atoms with E-state index in [1.807, 2.05) is 12.1 Å². The zero-order chi connectivity index (χ0) is 14.1. The lowest BCUT2D eigenvalue weighted by Gasteiger charge is -2.13. The van der Waals surface area contributed by atoms with Gasteiger partial charge in [0.1, 0.15) is 0 Å². The summed E-state index contributed by atoms with van der Waals surface area (Å²) in [7, 11) is 1.79. The molecule has 1 aromatic heterocycles. The lowest BCUT2D eigenvalue weighted by atomic mass is 10.1. The molecule has 1 N–H and O–H groups in total. The summed E-state index contributed by atoms with van der Waals surface area (Å²) in [4.78, 5) is 15.6. The van der Waals surface area contributed by atoms with E-state index < -0.39 is 0 Å². The molecule has 1 aromatic carbocycles. The van der Waals surface area contributed by atoms with E-state index in [2.05, 4.69) is 15.3 Å². The number of rotatable bonds is 2. The molecular weight excluding hydrogens is 252 g/mol. The molecule has 0 fully saturated rings. The quantitative estimate of drug-likeness (QED) is 0.848. The van der Waals surface area contributed by atoms with Crippen LogP contribution in [0.2, 0.25) is 0 Å². The van der Waals surface area contributed by atoms with E-state index in [1.54, 1.807) is 30.2 Å². The maximum absolute atomic E-state index is 12.1. The SMILES string of the molecule is [C-]#[N+]c1ccc2c(c1)CC[C@H]2NC(=O)c1cnn(C)c1. The fraction of sp³-hybridized carbons (Fsp3) is 0.267. The minimum atomic E-state index is -0.106. The van der Waals surface area contributed by atoms with Crippen LogP contribution in [-0.4, -0.2) is 15.7 Å². The Kier molecular flexibility index (Phi) is 2.99. The van der Waals surface area contributed by atoms with Crippen LogP contribution in [-0.2, 0) is 13.5 Å². The van der Waals surface area contributed by atoms with Crippen LogP contribution >= 0.6 is 0 Å². The highest BCUT2D eigenvalue weighted by Gasteiger charge is 2.24. The van der Waals surface area contributed by atoms with Crippen molar-refractivity contribution in [3.05, 3.63) is 58.7 Å². The molecule has 1 atom stereocenters. The standard InChI is InChI=1S/C15H14N4O/c1-16-12-4-5-13-10(7-12)3-6-14(13)18-15(20)11-8-17-19(2)9-11/h4-5,7-9,14H,3,6H2,2H3,(H,18,20)/t14-/m1/s1. The Labute approximate surface area is 117 Å². The van der Waals surface area contributed by atoms with E-state index in [4.69, 9.17) is 6.57 Å². The van der Waals surface area contributed by atoms with Gasteiger partial charge in [-0.15, -0.1) is 0 Å². The Bertz CT molecular complexity index is 711. The number of carbonyl (C=O) groups is 1. The van der Waals surface area contributed by atoms with Gasteiger partial charge in [0, 0.05) is 13.2 Å². The van der Waals surface area contributed by atoms with E-state index in [-0.39, 0.29) is 11.9 Å². The fourth-order valence-electron chi connectivity index (χ4n) is 2.60. The second-order valence-corrected chi connectivity index (χ2v) is 4.96. The van der Waals surface area contributed by atoms with Gasteiger partial charge in [-0.1, -0.05) is 23.8 Å². The van der Waals surface area contributed by atoms with Crippen LogP contribution in [0.15, 0.2) is 30.6 Å². The Balaban J connectivity index is 1.79. The molecule has 0 aliphatic heterocycles. The summed E-state index contributed by atoms with van der Waals surface area (Å²) in [5.41, 5.74) is 3.51. The number of amides is 1. The second-order valence-electron chi connectivity index (χ2n) is 4.96. The minimum absolute atomic E-state index is 0.0255. The van der Waals surface area contributed by atoms with Gasteiger partial charge >= 0.3 is 0 Å². The van der Waals surface area contributed by atoms with Gasteiger partial charge in [0.15, 0.2) is 5.69 Å². The van der Waals surface area contributed by atoms with E-state index >= 15 is 0 Å². The van der Waals surface area contributed by atoms with E-state index in [0.717, 1.165) is 24.0 Å². The maximum Gasteiger partial charge on any atom is 0.254 e. The molecule has 0 unspecified atom stereocenters. The van der Waals surface area contributed by atoms with Crippen molar-refractivity contribution in [2.45, 2.75) is 18.9 Å². The van der Waals surface area contributed by atoms with Crippen molar-refractivity contribution in [3.8, 4) is 0 Å². The molecule has 0 bridgehead atoms. The Hall–Kier alpha value is -2.61. The molecule has 1 amide bonds. The van der Waals surface area contributed by atoms with Crippen LogP contribution in [0.3, 0.4) is 0 Å². The largest absolute Gasteiger partial charge is 0.345 e. The Morgan fingerprint density at radius 1 is 1.55 bits per heavy atom. The molecule has 2 aromatic rings. The van der Waals surface area contributed by atoms with Gasteiger partial charge < -0.3 is 5.32 Å². The first-order chi connectivity index (χ1) is 9.67. The number of nitrogens with one attached hydrogen (secondary N) is 1. The van der Waals surface area contributed by atoms with Crippen LogP contribution in [0, 0.1) is 6.57 Å². The molecule has 0 saturated heterocycles. The molecule has 100 valence electrons. The van der Waals surface area contributed by atoms with Gasteiger partial charge in [0.2, 0.25) is 0 Å². The first-order valence-corrected chi connectivity index (χ1v) is 6.47. The number of aryl methyl sites for hydroxylation is 2. The molecule has 3 rings (SSSR count). The Morgan fingerprint density at radius 3 is 3.10 bits per heavy atom. The van der Waals surface area contributed by atoms with Crippen LogP contribution < -0.4 is 5.32 Å². The molecule has 5 nitrogen and oxygen atoms in total. The molecule has 0 radical (unpaired) electrons. The summed E-state index contributed by atoms with van der Waals surface area (Å²) in [6.07, 6.45) is 5.04. The van der Waals surface area contributed by atoms with Crippen LogP contribution in [0.4, 0.5) is 5.69 Å². The molecule has 5 heteroatoms. The number of aromatic nitrogens is 2. The van der Waals surface area contributed by atoms with Crippen LogP contribution in [0.5, 0.6) is 0 Å². The zero-order valence-corrected chi connectivity index (χ0v) is 11.1. The smallest absolute Gasteiger partial charge is 0.254 e. The van der Waals surface area contributed by atoms with Crippen molar-refractivity contribution in [3.63, 3.8) is 0 Å². The number of carbonyl (C=O) groups excluding carboxylic acids is 1. The third-order valence-electron chi connectivity index (χ3n) is 3.61. The normalized spacial score (nSPS) is 16.5. The third-order valence-corrected chi connectivity index (χ3v) is 3.61. The number of benzene rings is 1. The summed E-state index contributed by atoms with van der Waals surface area (Å²) in [6.45, 7) is 7.03. The van der Waals surface area contributed by atoms with E-state index in [0.29, 0.717) is 11.3 Å². The molecular formula is C15H14N4O. The number of hydrogen-bond acceptors (Lipinski definition) is 2. The fourth-order valence-corrected chi connectivity index (χ4v) is 2.60. The van der Waals surface area contributed by atoms with Gasteiger partial charge in [0.25, 0.3) is 5.91 Å². The second kappa shape index (κ2) is 4.82. The van der Waals surface area contributed by atoms with E-state index in [9.17, 15) is 4.79 Å². The van der Waals surface area contributed by atoms with Gasteiger partial charge in [-0.2, -0.15) is 5.10 Å². The van der Waals surface area contributed by atoms with Crippen LogP contribution in [0.1, 0.15) is 33.9 Å². The molecule has 1 aliphatic rings. The highest BCUT2D eigenvalue weighted by Crippen LogP contribution is 2.33. The number of nitrogens with zero attached hydrogens (tertiary/aromatic N) is 3. The van der Waals surface area contributed by atoms with Crippen molar-refractivity contribution in [1.29, 1.82) is 0 Å². The molecule has 1 heterocycles. The highest BCUT2D eigenvalue weighted by atomic mass is 16.1. The lowest BCUT2D eigenvalue weighted by molar-refractivity contribution is 0.0936. The summed E-state index contributed by atoms with van der Waals surface area (Å²) < 4.78 is 1.61. The van der Waals surface area contributed by atoms with E-state index in [1.165, 1.54) is 0 Å². The molecule has 1 aliphatic carbocycles. The van der Waals surface area contributed by atoms with Crippen molar-refractivity contribution in [2.24, 2.45) is 7.05 Å². The molecule has 20 heavy (non-hydrogen) atoms. The average Bonchev–Trinajstić information content (AvgIpc) is 3.05. The van der Waals surface area contributed by atoms with Crippen molar-refractivity contribution < 1.29 is 4.79 Å². The van der Waals surface area contributed by atoms with Crippen molar-refractivity contribution in [1.82, 2.24) is 15.1 Å². The van der Waals surface area contributed by atoms with Gasteiger partial charge in [-0.25, -0.2) is 4.85 Å². The van der Waals surface area contributed by atoms with Gasteiger partial charge in [-0.3, -0.25) is 9.48 Å². The first kappa shape index (κ1) is 12.4. The number of fused-ring (bicyclic) bond motifs is 1. The third kappa shape index (κ3) is 2.16. The van der Waals surface area contributed by atoms with Gasteiger partial charge in [-0.05, 0) is 18.4 Å². The monoisotopic (exact) mass is 266 g/mol. The molecule has 0 spiro atoms. The summed E-state index contributed by atoms with van der Waals surface area (Å²) >= 11 is 0. The predicted octanol–water partition coefficient (Wildman–Crippen LogP) is 2.39.